The Bertz CT molecular complexity index is 495. The summed E-state index contributed by atoms with van der Waals surface area (Å²) in [6.45, 7) is 0. The largest absolute Gasteiger partial charge is 0.337 e. The number of halogens is 1. The van der Waals surface area contributed by atoms with Crippen LogP contribution in [0.15, 0.2) is 35.3 Å². The number of rotatable bonds is 4. The van der Waals surface area contributed by atoms with Crippen molar-refractivity contribution in [3.05, 3.63) is 46.7 Å². The van der Waals surface area contributed by atoms with Gasteiger partial charge in [0, 0.05) is 36.3 Å². The van der Waals surface area contributed by atoms with Gasteiger partial charge in [-0.1, -0.05) is 0 Å². The third-order valence-electron chi connectivity index (χ3n) is 2.72. The van der Waals surface area contributed by atoms with Gasteiger partial charge in [-0.3, -0.25) is 4.98 Å². The van der Waals surface area contributed by atoms with Crippen molar-refractivity contribution in [2.45, 2.75) is 12.5 Å². The first kappa shape index (κ1) is 12.3. The summed E-state index contributed by atoms with van der Waals surface area (Å²) in [5.74, 6) is 1.03. The number of pyridine rings is 1. The maximum absolute atomic E-state index is 4.37. The van der Waals surface area contributed by atoms with Crippen LogP contribution in [0.1, 0.15) is 17.4 Å². The Kier molecular flexibility index (Phi) is 3.91. The van der Waals surface area contributed by atoms with E-state index in [0.29, 0.717) is 0 Å². The number of aromatic nitrogens is 3. The van der Waals surface area contributed by atoms with Gasteiger partial charge in [0.15, 0.2) is 0 Å². The molecule has 2 heterocycles. The fourth-order valence-electron chi connectivity index (χ4n) is 1.84. The van der Waals surface area contributed by atoms with E-state index in [2.05, 4.69) is 37.3 Å². The van der Waals surface area contributed by atoms with Gasteiger partial charge in [-0.05, 0) is 41.0 Å². The maximum Gasteiger partial charge on any atom is 0.125 e. The molecule has 90 valence electrons. The third-order valence-corrected chi connectivity index (χ3v) is 3.15. The molecule has 0 saturated heterocycles. The van der Waals surface area contributed by atoms with Crippen molar-refractivity contribution < 1.29 is 0 Å². The minimum absolute atomic E-state index is 0.200. The zero-order chi connectivity index (χ0) is 12.3. The third kappa shape index (κ3) is 2.92. The monoisotopic (exact) mass is 294 g/mol. The SMILES string of the molecule is CNC(Cc1cncc(Br)c1)c1nccn1C. The molecule has 1 N–H and O–H groups in total. The smallest absolute Gasteiger partial charge is 0.125 e. The minimum atomic E-state index is 0.200. The highest BCUT2D eigenvalue weighted by Crippen LogP contribution is 2.18. The Morgan fingerprint density at radius 1 is 1.47 bits per heavy atom. The van der Waals surface area contributed by atoms with Crippen LogP contribution in [0.5, 0.6) is 0 Å². The molecule has 5 heteroatoms. The molecule has 1 unspecified atom stereocenters. The fraction of sp³-hybridized carbons (Fsp3) is 0.333. The first-order valence-corrected chi connectivity index (χ1v) is 6.24. The van der Waals surface area contributed by atoms with Gasteiger partial charge >= 0.3 is 0 Å². The standard InChI is InChI=1S/C12H15BrN4/c1-14-11(12-16-3-4-17(12)2)6-9-5-10(13)8-15-7-9/h3-5,7-8,11,14H,6H2,1-2H3. The van der Waals surface area contributed by atoms with E-state index in [0.717, 1.165) is 16.7 Å². The lowest BCUT2D eigenvalue weighted by atomic mass is 10.1. The molecule has 0 spiro atoms. The van der Waals surface area contributed by atoms with Gasteiger partial charge in [-0.15, -0.1) is 0 Å². The number of hydrogen-bond acceptors (Lipinski definition) is 3. The Morgan fingerprint density at radius 2 is 2.29 bits per heavy atom. The van der Waals surface area contributed by atoms with Crippen LogP contribution in [0.3, 0.4) is 0 Å². The molecule has 0 fully saturated rings. The molecular formula is C12H15BrN4. The summed E-state index contributed by atoms with van der Waals surface area (Å²) in [6.07, 6.45) is 8.32. The molecule has 0 aromatic carbocycles. The second-order valence-electron chi connectivity index (χ2n) is 3.95. The van der Waals surface area contributed by atoms with Crippen LogP contribution >= 0.6 is 15.9 Å². The second-order valence-corrected chi connectivity index (χ2v) is 4.87. The average Bonchev–Trinajstić information content (AvgIpc) is 2.72. The van der Waals surface area contributed by atoms with E-state index in [1.165, 1.54) is 5.56 Å². The highest BCUT2D eigenvalue weighted by atomic mass is 79.9. The number of hydrogen-bond donors (Lipinski definition) is 1. The van der Waals surface area contributed by atoms with E-state index in [1.54, 1.807) is 6.20 Å². The van der Waals surface area contributed by atoms with E-state index in [4.69, 9.17) is 0 Å². The number of nitrogens with one attached hydrogen (secondary N) is 1. The summed E-state index contributed by atoms with van der Waals surface area (Å²) >= 11 is 3.43. The van der Waals surface area contributed by atoms with Gasteiger partial charge in [0.25, 0.3) is 0 Å². The van der Waals surface area contributed by atoms with Gasteiger partial charge < -0.3 is 9.88 Å². The molecule has 4 nitrogen and oxygen atoms in total. The number of nitrogens with zero attached hydrogens (tertiary/aromatic N) is 3. The Morgan fingerprint density at radius 3 is 2.88 bits per heavy atom. The van der Waals surface area contributed by atoms with Crippen LogP contribution in [-0.4, -0.2) is 21.6 Å². The lowest BCUT2D eigenvalue weighted by molar-refractivity contribution is 0.537. The molecule has 0 amide bonds. The summed E-state index contributed by atoms with van der Waals surface area (Å²) < 4.78 is 3.04. The Labute approximate surface area is 109 Å². The lowest BCUT2D eigenvalue weighted by Gasteiger charge is -2.15. The van der Waals surface area contributed by atoms with Gasteiger partial charge in [0.1, 0.15) is 5.82 Å². The Balaban J connectivity index is 2.19. The first-order chi connectivity index (χ1) is 8.20. The number of aryl methyl sites for hydroxylation is 1. The molecular weight excluding hydrogens is 280 g/mol. The molecule has 2 aromatic heterocycles. The highest BCUT2D eigenvalue weighted by molar-refractivity contribution is 9.10. The lowest BCUT2D eigenvalue weighted by Crippen LogP contribution is -2.22. The summed E-state index contributed by atoms with van der Waals surface area (Å²) in [5, 5.41) is 3.29. The van der Waals surface area contributed by atoms with Crippen molar-refractivity contribution in [2.24, 2.45) is 7.05 Å². The molecule has 0 aliphatic carbocycles. The first-order valence-electron chi connectivity index (χ1n) is 5.44. The predicted molar refractivity (Wildman–Crippen MR) is 70.6 cm³/mol. The predicted octanol–water partition coefficient (Wildman–Crippen LogP) is 2.08. The molecule has 0 saturated carbocycles. The van der Waals surface area contributed by atoms with E-state index >= 15 is 0 Å². The van der Waals surface area contributed by atoms with Gasteiger partial charge in [-0.25, -0.2) is 4.98 Å². The summed E-state index contributed by atoms with van der Waals surface area (Å²) in [7, 11) is 3.95. The molecule has 2 rings (SSSR count). The molecule has 0 radical (unpaired) electrons. The molecule has 0 aliphatic rings. The van der Waals surface area contributed by atoms with E-state index in [1.807, 2.05) is 37.3 Å². The molecule has 0 aliphatic heterocycles. The van der Waals surface area contributed by atoms with Crippen molar-refractivity contribution in [1.29, 1.82) is 0 Å². The average molecular weight is 295 g/mol. The zero-order valence-corrected chi connectivity index (χ0v) is 11.5. The van der Waals surface area contributed by atoms with Gasteiger partial charge in [0.05, 0.1) is 6.04 Å². The van der Waals surface area contributed by atoms with E-state index in [-0.39, 0.29) is 6.04 Å². The topological polar surface area (TPSA) is 42.7 Å². The van der Waals surface area contributed by atoms with Gasteiger partial charge in [0.2, 0.25) is 0 Å². The highest BCUT2D eigenvalue weighted by Gasteiger charge is 2.14. The fourth-order valence-corrected chi connectivity index (χ4v) is 2.25. The second kappa shape index (κ2) is 5.42. The van der Waals surface area contributed by atoms with Gasteiger partial charge in [-0.2, -0.15) is 0 Å². The zero-order valence-electron chi connectivity index (χ0n) is 9.89. The Hall–Kier alpha value is -1.20. The number of imidazole rings is 1. The van der Waals surface area contributed by atoms with Crippen LogP contribution in [-0.2, 0) is 13.5 Å². The van der Waals surface area contributed by atoms with Crippen molar-refractivity contribution >= 4 is 15.9 Å². The van der Waals surface area contributed by atoms with Crippen LogP contribution in [0.4, 0.5) is 0 Å². The minimum Gasteiger partial charge on any atom is -0.337 e. The summed E-state index contributed by atoms with van der Waals surface area (Å²) in [6, 6.07) is 2.28. The summed E-state index contributed by atoms with van der Waals surface area (Å²) in [5.41, 5.74) is 1.18. The van der Waals surface area contributed by atoms with Crippen molar-refractivity contribution in [1.82, 2.24) is 19.9 Å². The maximum atomic E-state index is 4.37. The molecule has 1 atom stereocenters. The van der Waals surface area contributed by atoms with Crippen molar-refractivity contribution in [3.8, 4) is 0 Å². The van der Waals surface area contributed by atoms with Crippen molar-refractivity contribution in [3.63, 3.8) is 0 Å². The van der Waals surface area contributed by atoms with Crippen molar-refractivity contribution in [2.75, 3.05) is 7.05 Å². The quantitative estimate of drug-likeness (QED) is 0.939. The normalized spacial score (nSPS) is 12.6. The molecule has 0 bridgehead atoms. The van der Waals surface area contributed by atoms with Crippen LogP contribution in [0.2, 0.25) is 0 Å². The van der Waals surface area contributed by atoms with Crippen LogP contribution in [0, 0.1) is 0 Å². The van der Waals surface area contributed by atoms with E-state index < -0.39 is 0 Å². The number of likely N-dealkylation sites (N-methyl/N-ethyl adjacent to an activating group) is 1. The summed E-state index contributed by atoms with van der Waals surface area (Å²) in [4.78, 5) is 8.55. The van der Waals surface area contributed by atoms with Crippen LogP contribution < -0.4 is 5.32 Å². The molecule has 17 heavy (non-hydrogen) atoms. The molecule has 2 aromatic rings. The van der Waals surface area contributed by atoms with Crippen LogP contribution in [0.25, 0.3) is 0 Å². The van der Waals surface area contributed by atoms with E-state index in [9.17, 15) is 0 Å².